The Kier molecular flexibility index (Phi) is 20.3. The Balaban J connectivity index is 0.00000298. The van der Waals surface area contributed by atoms with E-state index < -0.39 is 11.9 Å². The highest BCUT2D eigenvalue weighted by Crippen LogP contribution is 2.41. The molecule has 7 N–H and O–H groups in total. The maximum atomic E-state index is 13.8. The van der Waals surface area contributed by atoms with Gasteiger partial charge < -0.3 is 36.6 Å². The summed E-state index contributed by atoms with van der Waals surface area (Å²) >= 11 is 0. The second-order valence-electron chi connectivity index (χ2n) is 10.1. The van der Waals surface area contributed by atoms with Crippen molar-refractivity contribution in [1.29, 1.82) is 0 Å². The molecule has 0 saturated carbocycles. The second-order valence-corrected chi connectivity index (χ2v) is 10.1. The van der Waals surface area contributed by atoms with Crippen LogP contribution in [0.25, 0.3) is 16.8 Å². The third kappa shape index (κ3) is 14.0. The molecule has 0 bridgehead atoms. The Morgan fingerprint density at radius 1 is 1.02 bits per heavy atom. The summed E-state index contributed by atoms with van der Waals surface area (Å²) in [6, 6.07) is 9.39. The van der Waals surface area contributed by atoms with E-state index in [4.69, 9.17) is 10.8 Å². The highest BCUT2D eigenvalue weighted by atomic mass is 16.4. The van der Waals surface area contributed by atoms with Crippen molar-refractivity contribution in [2.45, 2.75) is 65.8 Å². The highest BCUT2D eigenvalue weighted by Gasteiger charge is 2.31. The zero-order valence-corrected chi connectivity index (χ0v) is 27.3. The zero-order chi connectivity index (χ0) is 34.4. The average molecular weight is 623 g/mol. The fourth-order valence-electron chi connectivity index (χ4n) is 4.28. The molecule has 2 amide bonds. The van der Waals surface area contributed by atoms with Gasteiger partial charge in [0.15, 0.2) is 0 Å². The number of ketones is 1. The number of carboxylic acids is 1. The summed E-state index contributed by atoms with van der Waals surface area (Å²) in [6.07, 6.45) is 8.07. The van der Waals surface area contributed by atoms with E-state index in [0.717, 1.165) is 5.56 Å². The van der Waals surface area contributed by atoms with Crippen LogP contribution in [-0.4, -0.2) is 59.7 Å². The number of benzene rings is 1. The first kappa shape index (κ1) is 40.2. The van der Waals surface area contributed by atoms with E-state index in [1.54, 1.807) is 18.2 Å². The summed E-state index contributed by atoms with van der Waals surface area (Å²) in [5, 5.41) is 14.9. The average Bonchev–Trinajstić information content (AvgIpc) is 3.33. The van der Waals surface area contributed by atoms with E-state index >= 15 is 0 Å². The minimum atomic E-state index is -0.933. The summed E-state index contributed by atoms with van der Waals surface area (Å²) in [7, 11) is 1.50. The Labute approximate surface area is 267 Å². The number of anilines is 1. The number of hydrogen-bond donors (Lipinski definition) is 5. The number of carbonyl (C=O) groups excluding carboxylic acids is 3. The van der Waals surface area contributed by atoms with Crippen LogP contribution >= 0.6 is 0 Å². The van der Waals surface area contributed by atoms with Crippen molar-refractivity contribution in [2.24, 2.45) is 16.5 Å². The van der Waals surface area contributed by atoms with Gasteiger partial charge in [0.1, 0.15) is 5.78 Å². The minimum Gasteiger partial charge on any atom is -0.481 e. The van der Waals surface area contributed by atoms with Crippen LogP contribution in [0.1, 0.15) is 81.9 Å². The smallest absolute Gasteiger partial charge is 0.303 e. The molecule has 0 aliphatic heterocycles. The molecule has 0 aliphatic rings. The van der Waals surface area contributed by atoms with Gasteiger partial charge in [-0.1, -0.05) is 61.7 Å². The molecule has 246 valence electrons. The van der Waals surface area contributed by atoms with E-state index in [2.05, 4.69) is 34.5 Å². The van der Waals surface area contributed by atoms with Crippen molar-refractivity contribution >= 4 is 41.2 Å². The van der Waals surface area contributed by atoms with Gasteiger partial charge in [-0.15, -0.1) is 0 Å². The lowest BCUT2D eigenvalue weighted by molar-refractivity contribution is -0.137. The van der Waals surface area contributed by atoms with Crippen LogP contribution in [-0.2, 0) is 14.4 Å². The van der Waals surface area contributed by atoms with Crippen LogP contribution in [0.5, 0.6) is 0 Å². The topological polar surface area (TPSA) is 182 Å². The van der Waals surface area contributed by atoms with E-state index in [1.807, 2.05) is 48.7 Å². The number of rotatable bonds is 16. The number of nitrogens with one attached hydrogen (secondary N) is 2. The largest absolute Gasteiger partial charge is 0.481 e. The third-order valence-corrected chi connectivity index (χ3v) is 5.95. The van der Waals surface area contributed by atoms with Crippen LogP contribution in [0.15, 0.2) is 66.7 Å². The van der Waals surface area contributed by atoms with Gasteiger partial charge in [-0.05, 0) is 65.1 Å². The molecule has 0 unspecified atom stereocenters. The summed E-state index contributed by atoms with van der Waals surface area (Å²) in [4.78, 5) is 51.3. The van der Waals surface area contributed by atoms with Crippen molar-refractivity contribution in [1.82, 2.24) is 9.88 Å². The van der Waals surface area contributed by atoms with E-state index in [0.29, 0.717) is 47.6 Å². The standard InChI is InChI=1S/C30H39N5O4.C3H6O.CH5N/c1-5-13-22(6-2)29-27(34-24(36)16-10-11-18-32-20-31)26(30(39)33-19-12-17-25(37)38)28(35(29)21(3)4)23-14-8-7-9-15-23;1-3(2)4;1-2/h5-9,13-15,20-21H,1-2,10-12,16-19H2,3-4H3,(H2,31,32)(H,33,39)(H,34,36)(H,37,38);1-2H3;2H2,1H3/b22-13+;;. The summed E-state index contributed by atoms with van der Waals surface area (Å²) in [5.41, 5.74) is 13.2. The highest BCUT2D eigenvalue weighted by molar-refractivity contribution is 6.12. The Morgan fingerprint density at radius 2 is 1.64 bits per heavy atom. The van der Waals surface area contributed by atoms with E-state index in [1.165, 1.54) is 27.2 Å². The maximum absolute atomic E-state index is 13.8. The minimum absolute atomic E-state index is 0.0649. The number of hydrogen-bond acceptors (Lipinski definition) is 6. The molecular weight excluding hydrogens is 572 g/mol. The molecule has 0 radical (unpaired) electrons. The SMILES string of the molecule is C=C/C=C(\C=C)c1c(NC(=O)CCCCN=CN)c(C(=O)NCCCC(=O)O)c(-c2ccccc2)n1C(C)C.CC(C)=O.CN. The molecule has 0 fully saturated rings. The predicted molar refractivity (Wildman–Crippen MR) is 184 cm³/mol. The number of aromatic nitrogens is 1. The molecule has 45 heavy (non-hydrogen) atoms. The maximum Gasteiger partial charge on any atom is 0.303 e. The number of carbonyl (C=O) groups is 4. The van der Waals surface area contributed by atoms with Crippen LogP contribution < -0.4 is 22.1 Å². The van der Waals surface area contributed by atoms with Crippen LogP contribution in [0.3, 0.4) is 0 Å². The molecule has 0 saturated heterocycles. The quantitative estimate of drug-likeness (QED) is 0.0723. The van der Waals surface area contributed by atoms with Crippen molar-refractivity contribution in [3.8, 4) is 11.3 Å². The van der Waals surface area contributed by atoms with Crippen molar-refractivity contribution in [3.63, 3.8) is 0 Å². The molecule has 1 aromatic heterocycles. The molecule has 1 aromatic carbocycles. The Hall–Kier alpha value is -4.77. The third-order valence-electron chi connectivity index (χ3n) is 5.95. The number of unbranched alkanes of at least 4 members (excludes halogenated alkanes) is 1. The van der Waals surface area contributed by atoms with Crippen molar-refractivity contribution in [2.75, 3.05) is 25.5 Å². The van der Waals surface area contributed by atoms with Gasteiger partial charge in [0.05, 0.1) is 29.0 Å². The number of nitrogens with two attached hydrogens (primary N) is 2. The predicted octanol–water partition coefficient (Wildman–Crippen LogP) is 5.35. The Morgan fingerprint density at radius 3 is 2.16 bits per heavy atom. The number of aliphatic carboxylic acids is 1. The molecule has 2 aromatic rings. The van der Waals surface area contributed by atoms with Gasteiger partial charge in [-0.3, -0.25) is 19.4 Å². The number of allylic oxidation sites excluding steroid dienone is 4. The molecule has 11 heteroatoms. The molecule has 2 rings (SSSR count). The first-order valence-electron chi connectivity index (χ1n) is 14.8. The number of amides is 2. The number of carboxylic acid groups (broad SMARTS) is 1. The van der Waals surface area contributed by atoms with E-state index in [-0.39, 0.29) is 43.5 Å². The first-order chi connectivity index (χ1) is 21.5. The summed E-state index contributed by atoms with van der Waals surface area (Å²) in [6.45, 7) is 15.6. The summed E-state index contributed by atoms with van der Waals surface area (Å²) in [5.74, 6) is -1.41. The van der Waals surface area contributed by atoms with Gasteiger partial charge in [-0.25, -0.2) is 0 Å². The number of nitrogens with zero attached hydrogens (tertiary/aromatic N) is 2. The normalized spacial score (nSPS) is 10.7. The number of aliphatic imine (C=N–C) groups is 1. The van der Waals surface area contributed by atoms with Crippen LogP contribution in [0.4, 0.5) is 5.69 Å². The fraction of sp³-hybridized carbons (Fsp3) is 0.382. The molecule has 1 heterocycles. The second kappa shape index (κ2) is 22.7. The Bertz CT molecular complexity index is 1320. The van der Waals surface area contributed by atoms with Gasteiger partial charge in [0.2, 0.25) is 5.91 Å². The van der Waals surface area contributed by atoms with E-state index in [9.17, 15) is 19.2 Å². The molecule has 0 atom stereocenters. The zero-order valence-electron chi connectivity index (χ0n) is 27.3. The first-order valence-corrected chi connectivity index (χ1v) is 14.8. The molecule has 11 nitrogen and oxygen atoms in total. The molecule has 0 spiro atoms. The lowest BCUT2D eigenvalue weighted by Gasteiger charge is -2.19. The van der Waals surface area contributed by atoms with Gasteiger partial charge in [-0.2, -0.15) is 0 Å². The lowest BCUT2D eigenvalue weighted by Crippen LogP contribution is -2.26. The van der Waals surface area contributed by atoms with Crippen molar-refractivity contribution in [3.05, 3.63) is 73.0 Å². The monoisotopic (exact) mass is 622 g/mol. The fourth-order valence-corrected chi connectivity index (χ4v) is 4.28. The number of Topliss-reactive ketones (excluding diaryl/α,β-unsaturated/α-hetero) is 1. The van der Waals surface area contributed by atoms with Gasteiger partial charge in [0.25, 0.3) is 5.91 Å². The van der Waals surface area contributed by atoms with Gasteiger partial charge >= 0.3 is 5.97 Å². The molecular formula is C34H50N6O5. The lowest BCUT2D eigenvalue weighted by atomic mass is 10.0. The van der Waals surface area contributed by atoms with Crippen LogP contribution in [0.2, 0.25) is 0 Å². The molecule has 0 aliphatic carbocycles. The summed E-state index contributed by atoms with van der Waals surface area (Å²) < 4.78 is 2.02. The van der Waals surface area contributed by atoms with Crippen molar-refractivity contribution < 1.29 is 24.3 Å². The van der Waals surface area contributed by atoms with Gasteiger partial charge in [0, 0.05) is 32.0 Å². The van der Waals surface area contributed by atoms with Crippen LogP contribution in [0, 0.1) is 0 Å².